The molecule has 0 aliphatic carbocycles. The number of piperazine rings is 1. The van der Waals surface area contributed by atoms with Gasteiger partial charge >= 0.3 is 0 Å². The Hall–Kier alpha value is -1.80. The van der Waals surface area contributed by atoms with Gasteiger partial charge in [0.2, 0.25) is 11.7 Å². The summed E-state index contributed by atoms with van der Waals surface area (Å²) in [5.74, 6) is 1.32. The minimum absolute atomic E-state index is 0. The van der Waals surface area contributed by atoms with Crippen LogP contribution in [-0.4, -0.2) is 39.7 Å². The maximum absolute atomic E-state index is 5.44. The Bertz CT molecular complexity index is 749. The smallest absolute Gasteiger partial charge is 0.241 e. The Kier molecular flexibility index (Phi) is 5.57. The summed E-state index contributed by atoms with van der Waals surface area (Å²) in [6.45, 7) is 3.45. The van der Waals surface area contributed by atoms with Crippen LogP contribution in [0.25, 0.3) is 11.4 Å². The molecule has 4 rings (SSSR count). The summed E-state index contributed by atoms with van der Waals surface area (Å²) < 4.78 is 5.44. The number of halogens is 1. The fraction of sp³-hybridized carbons (Fsp3) is 0.312. The molecule has 1 N–H and O–H groups in total. The van der Waals surface area contributed by atoms with E-state index in [1.807, 2.05) is 29.1 Å². The van der Waals surface area contributed by atoms with Crippen LogP contribution < -0.4 is 5.32 Å². The molecular formula is C16H18ClN5OS. The number of nitrogens with one attached hydrogen (secondary N) is 1. The van der Waals surface area contributed by atoms with Crippen molar-refractivity contribution in [3.05, 3.63) is 52.8 Å². The third kappa shape index (κ3) is 3.64. The highest BCUT2D eigenvalue weighted by atomic mass is 35.5. The number of rotatable bonds is 4. The number of pyridine rings is 1. The van der Waals surface area contributed by atoms with Gasteiger partial charge < -0.3 is 9.84 Å². The molecule has 8 heteroatoms. The Morgan fingerprint density at radius 3 is 3.12 bits per heavy atom. The van der Waals surface area contributed by atoms with Crippen molar-refractivity contribution >= 4 is 23.7 Å². The summed E-state index contributed by atoms with van der Waals surface area (Å²) in [7, 11) is 0. The molecule has 3 aromatic rings. The third-order valence-corrected chi connectivity index (χ3v) is 4.69. The minimum atomic E-state index is 0. The molecule has 0 amide bonds. The SMILES string of the molecule is Cl.c1cncc(C2CNCCN2Cc2nc(-c3ccsc3)no2)c1. The maximum Gasteiger partial charge on any atom is 0.241 e. The van der Waals surface area contributed by atoms with Crippen molar-refractivity contribution in [3.8, 4) is 11.4 Å². The quantitative estimate of drug-likeness (QED) is 0.768. The molecule has 0 spiro atoms. The molecule has 0 radical (unpaired) electrons. The van der Waals surface area contributed by atoms with Crippen molar-refractivity contribution in [2.45, 2.75) is 12.6 Å². The van der Waals surface area contributed by atoms with Crippen molar-refractivity contribution in [2.24, 2.45) is 0 Å². The summed E-state index contributed by atoms with van der Waals surface area (Å²) >= 11 is 1.63. The molecule has 1 unspecified atom stereocenters. The molecule has 0 bridgehead atoms. The standard InChI is InChI=1S/C16H17N5OS.ClH/c1-2-12(8-17-4-1)14-9-18-5-6-21(14)10-15-19-16(20-22-15)13-3-7-23-11-13;/h1-4,7-8,11,14,18H,5-6,9-10H2;1H. The van der Waals surface area contributed by atoms with Crippen LogP contribution in [0.2, 0.25) is 0 Å². The van der Waals surface area contributed by atoms with Crippen LogP contribution in [0.1, 0.15) is 17.5 Å². The molecule has 24 heavy (non-hydrogen) atoms. The van der Waals surface area contributed by atoms with E-state index in [4.69, 9.17) is 4.52 Å². The minimum Gasteiger partial charge on any atom is -0.338 e. The van der Waals surface area contributed by atoms with Crippen LogP contribution in [0.3, 0.4) is 0 Å². The second-order valence-electron chi connectivity index (χ2n) is 5.50. The van der Waals surface area contributed by atoms with Gasteiger partial charge in [-0.1, -0.05) is 11.2 Å². The molecular weight excluding hydrogens is 346 g/mol. The fourth-order valence-electron chi connectivity index (χ4n) is 2.84. The van der Waals surface area contributed by atoms with Crippen LogP contribution in [0, 0.1) is 0 Å². The van der Waals surface area contributed by atoms with Crippen molar-refractivity contribution in [3.63, 3.8) is 0 Å². The highest BCUT2D eigenvalue weighted by Gasteiger charge is 2.25. The molecule has 0 saturated carbocycles. The molecule has 126 valence electrons. The molecule has 0 aromatic carbocycles. The van der Waals surface area contributed by atoms with Crippen LogP contribution in [-0.2, 0) is 6.54 Å². The molecule has 1 fully saturated rings. The number of hydrogen-bond acceptors (Lipinski definition) is 7. The topological polar surface area (TPSA) is 67.1 Å². The summed E-state index contributed by atoms with van der Waals surface area (Å²) in [4.78, 5) is 11.1. The van der Waals surface area contributed by atoms with Gasteiger partial charge in [-0.15, -0.1) is 12.4 Å². The fourth-order valence-corrected chi connectivity index (χ4v) is 3.47. The molecule has 4 heterocycles. The first-order valence-corrected chi connectivity index (χ1v) is 8.54. The van der Waals surface area contributed by atoms with Crippen molar-refractivity contribution in [2.75, 3.05) is 19.6 Å². The van der Waals surface area contributed by atoms with E-state index >= 15 is 0 Å². The Balaban J connectivity index is 0.00000169. The molecule has 1 aliphatic rings. The molecule has 1 atom stereocenters. The summed E-state index contributed by atoms with van der Waals surface area (Å²) in [5.41, 5.74) is 2.21. The lowest BCUT2D eigenvalue weighted by atomic mass is 10.1. The first-order valence-electron chi connectivity index (χ1n) is 7.60. The summed E-state index contributed by atoms with van der Waals surface area (Å²) in [6.07, 6.45) is 3.73. The van der Waals surface area contributed by atoms with Gasteiger partial charge in [0.15, 0.2) is 0 Å². The van der Waals surface area contributed by atoms with Gasteiger partial charge in [-0.25, -0.2) is 0 Å². The van der Waals surface area contributed by atoms with Crippen molar-refractivity contribution in [1.29, 1.82) is 0 Å². The number of hydrogen-bond donors (Lipinski definition) is 1. The van der Waals surface area contributed by atoms with E-state index in [0.29, 0.717) is 18.3 Å². The number of thiophene rings is 1. The second-order valence-corrected chi connectivity index (χ2v) is 6.28. The third-order valence-electron chi connectivity index (χ3n) is 4.01. The van der Waals surface area contributed by atoms with E-state index < -0.39 is 0 Å². The molecule has 1 aliphatic heterocycles. The van der Waals surface area contributed by atoms with E-state index in [1.165, 1.54) is 5.56 Å². The molecule has 1 saturated heterocycles. The lowest BCUT2D eigenvalue weighted by Crippen LogP contribution is -2.45. The predicted octanol–water partition coefficient (Wildman–Crippen LogP) is 2.76. The van der Waals surface area contributed by atoms with Crippen molar-refractivity contribution in [1.82, 2.24) is 25.3 Å². The zero-order valence-corrected chi connectivity index (χ0v) is 14.6. The predicted molar refractivity (Wildman–Crippen MR) is 95.1 cm³/mol. The Morgan fingerprint density at radius 1 is 1.38 bits per heavy atom. The average molecular weight is 364 g/mol. The number of nitrogens with zero attached hydrogens (tertiary/aromatic N) is 4. The highest BCUT2D eigenvalue weighted by molar-refractivity contribution is 7.08. The molecule has 3 aromatic heterocycles. The first-order chi connectivity index (χ1) is 11.4. The van der Waals surface area contributed by atoms with Gasteiger partial charge in [-0.2, -0.15) is 16.3 Å². The van der Waals surface area contributed by atoms with Gasteiger partial charge in [0.1, 0.15) is 0 Å². The van der Waals surface area contributed by atoms with Crippen LogP contribution in [0.5, 0.6) is 0 Å². The van der Waals surface area contributed by atoms with Gasteiger partial charge in [0, 0.05) is 49.0 Å². The van der Waals surface area contributed by atoms with E-state index in [0.717, 1.165) is 25.2 Å². The average Bonchev–Trinajstić information content (AvgIpc) is 3.27. The highest BCUT2D eigenvalue weighted by Crippen LogP contribution is 2.24. The number of aromatic nitrogens is 3. The second kappa shape index (κ2) is 7.85. The monoisotopic (exact) mass is 363 g/mol. The van der Waals surface area contributed by atoms with E-state index in [1.54, 1.807) is 17.5 Å². The van der Waals surface area contributed by atoms with E-state index in [9.17, 15) is 0 Å². The largest absolute Gasteiger partial charge is 0.338 e. The van der Waals surface area contributed by atoms with Crippen LogP contribution in [0.4, 0.5) is 0 Å². The summed E-state index contributed by atoms with van der Waals surface area (Å²) in [5, 5.41) is 11.6. The van der Waals surface area contributed by atoms with E-state index in [-0.39, 0.29) is 18.4 Å². The first kappa shape index (κ1) is 17.0. The van der Waals surface area contributed by atoms with Crippen LogP contribution >= 0.6 is 23.7 Å². The van der Waals surface area contributed by atoms with Gasteiger partial charge in [0.25, 0.3) is 0 Å². The maximum atomic E-state index is 5.44. The van der Waals surface area contributed by atoms with Gasteiger partial charge in [-0.05, 0) is 23.1 Å². The zero-order chi connectivity index (χ0) is 15.5. The normalized spacial score (nSPS) is 18.2. The summed E-state index contributed by atoms with van der Waals surface area (Å²) in [6, 6.07) is 6.36. The van der Waals surface area contributed by atoms with Gasteiger partial charge in [0.05, 0.1) is 6.54 Å². The van der Waals surface area contributed by atoms with Crippen molar-refractivity contribution < 1.29 is 4.52 Å². The lowest BCUT2D eigenvalue weighted by molar-refractivity contribution is 0.135. The Labute approximate surface area is 150 Å². The Morgan fingerprint density at radius 2 is 2.33 bits per heavy atom. The zero-order valence-electron chi connectivity index (χ0n) is 13.0. The van der Waals surface area contributed by atoms with Gasteiger partial charge in [-0.3, -0.25) is 9.88 Å². The molecule has 6 nitrogen and oxygen atoms in total. The lowest BCUT2D eigenvalue weighted by Gasteiger charge is -2.35. The van der Waals surface area contributed by atoms with Crippen LogP contribution in [0.15, 0.2) is 45.9 Å². The van der Waals surface area contributed by atoms with E-state index in [2.05, 4.69) is 31.4 Å².